The van der Waals surface area contributed by atoms with E-state index in [1.54, 1.807) is 26.5 Å². The van der Waals surface area contributed by atoms with Crippen LogP contribution in [-0.2, 0) is 13.2 Å². The maximum atomic E-state index is 6.52. The van der Waals surface area contributed by atoms with Gasteiger partial charge in [0, 0.05) is 0 Å². The Kier molecular flexibility index (Phi) is 8.84. The SMILES string of the molecule is CCOc1cc(/C=N\NCc2ccc(OC)c(OC)c2)cc(Cl)c1OCc1ccc(C)cc1. The Balaban J connectivity index is 1.66. The summed E-state index contributed by atoms with van der Waals surface area (Å²) in [6, 6.07) is 17.6. The van der Waals surface area contributed by atoms with Gasteiger partial charge in [0.2, 0.25) is 0 Å². The molecule has 3 aromatic carbocycles. The van der Waals surface area contributed by atoms with Crippen LogP contribution in [0.4, 0.5) is 0 Å². The minimum Gasteiger partial charge on any atom is -0.493 e. The van der Waals surface area contributed by atoms with Gasteiger partial charge in [-0.2, -0.15) is 5.10 Å². The molecule has 0 radical (unpaired) electrons. The Morgan fingerprint density at radius 1 is 0.879 bits per heavy atom. The summed E-state index contributed by atoms with van der Waals surface area (Å²) >= 11 is 6.52. The Morgan fingerprint density at radius 3 is 2.30 bits per heavy atom. The van der Waals surface area contributed by atoms with Crippen molar-refractivity contribution in [2.45, 2.75) is 27.0 Å². The van der Waals surface area contributed by atoms with Crippen molar-refractivity contribution in [2.24, 2.45) is 5.10 Å². The molecule has 33 heavy (non-hydrogen) atoms. The number of rotatable bonds is 11. The monoisotopic (exact) mass is 468 g/mol. The second kappa shape index (κ2) is 12.0. The smallest absolute Gasteiger partial charge is 0.180 e. The van der Waals surface area contributed by atoms with Crippen LogP contribution in [0, 0.1) is 6.92 Å². The van der Waals surface area contributed by atoms with E-state index < -0.39 is 0 Å². The van der Waals surface area contributed by atoms with Gasteiger partial charge in [-0.25, -0.2) is 0 Å². The van der Waals surface area contributed by atoms with Crippen LogP contribution >= 0.6 is 11.6 Å². The van der Waals surface area contributed by atoms with E-state index >= 15 is 0 Å². The summed E-state index contributed by atoms with van der Waals surface area (Å²) in [6.07, 6.45) is 1.69. The van der Waals surface area contributed by atoms with E-state index in [2.05, 4.69) is 29.6 Å². The summed E-state index contributed by atoms with van der Waals surface area (Å²) in [5.74, 6) is 2.47. The molecule has 0 atom stereocenters. The molecule has 0 heterocycles. The number of aryl methyl sites for hydroxylation is 1. The summed E-state index contributed by atoms with van der Waals surface area (Å²) < 4.78 is 22.4. The Morgan fingerprint density at radius 2 is 1.61 bits per heavy atom. The first-order valence-electron chi connectivity index (χ1n) is 10.7. The third kappa shape index (κ3) is 6.80. The van der Waals surface area contributed by atoms with Gasteiger partial charge >= 0.3 is 0 Å². The lowest BCUT2D eigenvalue weighted by Gasteiger charge is -2.14. The quantitative estimate of drug-likeness (QED) is 0.286. The number of hydrogen-bond acceptors (Lipinski definition) is 6. The number of benzene rings is 3. The molecule has 0 amide bonds. The van der Waals surface area contributed by atoms with Crippen LogP contribution in [0.25, 0.3) is 0 Å². The first-order valence-corrected chi connectivity index (χ1v) is 11.0. The first kappa shape index (κ1) is 24.3. The normalized spacial score (nSPS) is 10.8. The van der Waals surface area contributed by atoms with Crippen molar-refractivity contribution >= 4 is 17.8 Å². The van der Waals surface area contributed by atoms with E-state index in [1.165, 1.54) is 5.56 Å². The van der Waals surface area contributed by atoms with Crippen molar-refractivity contribution in [3.8, 4) is 23.0 Å². The topological polar surface area (TPSA) is 61.3 Å². The van der Waals surface area contributed by atoms with Crippen molar-refractivity contribution in [1.82, 2.24) is 5.43 Å². The van der Waals surface area contributed by atoms with Crippen LogP contribution in [0.1, 0.15) is 29.2 Å². The number of methoxy groups -OCH3 is 2. The van der Waals surface area contributed by atoms with E-state index in [-0.39, 0.29) is 0 Å². The van der Waals surface area contributed by atoms with Crippen LogP contribution in [-0.4, -0.2) is 27.0 Å². The molecule has 0 aliphatic rings. The summed E-state index contributed by atoms with van der Waals surface area (Å²) in [6.45, 7) is 5.40. The predicted octanol–water partition coefficient (Wildman–Crippen LogP) is 5.77. The molecule has 0 unspecified atom stereocenters. The molecule has 174 valence electrons. The highest BCUT2D eigenvalue weighted by molar-refractivity contribution is 6.32. The van der Waals surface area contributed by atoms with Gasteiger partial charge in [0.05, 0.1) is 38.6 Å². The average Bonchev–Trinajstić information content (AvgIpc) is 2.82. The summed E-state index contributed by atoms with van der Waals surface area (Å²) in [5, 5.41) is 4.77. The first-order chi connectivity index (χ1) is 16.0. The fourth-order valence-corrected chi connectivity index (χ4v) is 3.43. The van der Waals surface area contributed by atoms with E-state index in [9.17, 15) is 0 Å². The Bertz CT molecular complexity index is 1080. The minimum atomic E-state index is 0.403. The van der Waals surface area contributed by atoms with Crippen molar-refractivity contribution in [2.75, 3.05) is 20.8 Å². The molecule has 7 heteroatoms. The van der Waals surface area contributed by atoms with Crippen LogP contribution in [0.15, 0.2) is 59.7 Å². The summed E-state index contributed by atoms with van der Waals surface area (Å²) in [4.78, 5) is 0. The molecule has 0 saturated heterocycles. The molecule has 0 fully saturated rings. The number of nitrogens with zero attached hydrogens (tertiary/aromatic N) is 1. The van der Waals surface area contributed by atoms with Gasteiger partial charge < -0.3 is 24.4 Å². The second-order valence-electron chi connectivity index (χ2n) is 7.32. The number of nitrogens with one attached hydrogen (secondary N) is 1. The second-order valence-corrected chi connectivity index (χ2v) is 7.73. The fraction of sp³-hybridized carbons (Fsp3) is 0.269. The van der Waals surface area contributed by atoms with Gasteiger partial charge in [-0.05, 0) is 54.8 Å². The third-order valence-corrected chi connectivity index (χ3v) is 5.15. The van der Waals surface area contributed by atoms with Gasteiger partial charge in [0.15, 0.2) is 23.0 Å². The maximum absolute atomic E-state index is 6.52. The summed E-state index contributed by atoms with van der Waals surface area (Å²) in [5.41, 5.74) is 7.11. The molecule has 0 aromatic heterocycles. The predicted molar refractivity (Wildman–Crippen MR) is 132 cm³/mol. The lowest BCUT2D eigenvalue weighted by Crippen LogP contribution is -2.06. The number of ether oxygens (including phenoxy) is 4. The molecule has 0 aliphatic heterocycles. The van der Waals surface area contributed by atoms with E-state index in [4.69, 9.17) is 30.5 Å². The van der Waals surface area contributed by atoms with E-state index in [1.807, 2.05) is 43.3 Å². The molecule has 0 spiro atoms. The molecular formula is C26H29ClN2O4. The van der Waals surface area contributed by atoms with Gasteiger partial charge in [0.25, 0.3) is 0 Å². The van der Waals surface area contributed by atoms with Gasteiger partial charge in [0.1, 0.15) is 6.61 Å². The largest absolute Gasteiger partial charge is 0.493 e. The minimum absolute atomic E-state index is 0.403. The third-order valence-electron chi connectivity index (χ3n) is 4.87. The lowest BCUT2D eigenvalue weighted by atomic mass is 10.1. The summed E-state index contributed by atoms with van der Waals surface area (Å²) in [7, 11) is 3.22. The van der Waals surface area contributed by atoms with Crippen molar-refractivity contribution in [3.63, 3.8) is 0 Å². The molecule has 0 aliphatic carbocycles. The van der Waals surface area contributed by atoms with E-state index in [0.717, 1.165) is 16.7 Å². The Hall–Kier alpha value is -3.38. The Labute approximate surface area is 200 Å². The number of halogens is 1. The molecule has 6 nitrogen and oxygen atoms in total. The van der Waals surface area contributed by atoms with Crippen molar-refractivity contribution in [3.05, 3.63) is 81.9 Å². The zero-order valence-corrected chi connectivity index (χ0v) is 20.1. The van der Waals surface area contributed by atoms with Crippen LogP contribution in [0.2, 0.25) is 5.02 Å². The molecule has 1 N–H and O–H groups in total. The van der Waals surface area contributed by atoms with E-state index in [0.29, 0.717) is 47.8 Å². The molecular weight excluding hydrogens is 440 g/mol. The average molecular weight is 469 g/mol. The van der Waals surface area contributed by atoms with Crippen molar-refractivity contribution in [1.29, 1.82) is 0 Å². The lowest BCUT2D eigenvalue weighted by molar-refractivity contribution is 0.269. The van der Waals surface area contributed by atoms with Crippen molar-refractivity contribution < 1.29 is 18.9 Å². The molecule has 3 rings (SSSR count). The highest BCUT2D eigenvalue weighted by Gasteiger charge is 2.12. The van der Waals surface area contributed by atoms with Gasteiger partial charge in [-0.3, -0.25) is 0 Å². The van der Waals surface area contributed by atoms with Crippen LogP contribution in [0.5, 0.6) is 23.0 Å². The molecule has 0 saturated carbocycles. The molecule has 3 aromatic rings. The fourth-order valence-electron chi connectivity index (χ4n) is 3.15. The van der Waals surface area contributed by atoms with Gasteiger partial charge in [-0.15, -0.1) is 0 Å². The highest BCUT2D eigenvalue weighted by Crippen LogP contribution is 2.37. The molecule has 0 bridgehead atoms. The number of hydrazone groups is 1. The maximum Gasteiger partial charge on any atom is 0.180 e. The number of hydrogen-bond donors (Lipinski definition) is 1. The standard InChI is InChI=1S/C26H29ClN2O4/c1-5-32-25-14-21(12-22(27)26(25)33-17-19-8-6-18(2)7-9-19)16-29-28-15-20-10-11-23(30-3)24(13-20)31-4/h6-14,16,28H,5,15,17H2,1-4H3/b29-16-. The van der Waals surface area contributed by atoms with Gasteiger partial charge in [-0.1, -0.05) is 47.5 Å². The highest BCUT2D eigenvalue weighted by atomic mass is 35.5. The zero-order valence-electron chi connectivity index (χ0n) is 19.4. The van der Waals surface area contributed by atoms with Crippen LogP contribution in [0.3, 0.4) is 0 Å². The zero-order chi connectivity index (χ0) is 23.6. The van der Waals surface area contributed by atoms with Crippen LogP contribution < -0.4 is 24.4 Å².